The van der Waals surface area contributed by atoms with Gasteiger partial charge in [-0.05, 0) is 56.5 Å². The van der Waals surface area contributed by atoms with Crippen molar-refractivity contribution in [2.75, 3.05) is 36.4 Å². The van der Waals surface area contributed by atoms with Crippen molar-refractivity contribution in [2.45, 2.75) is 38.6 Å². The molecule has 2 aliphatic rings. The van der Waals surface area contributed by atoms with Crippen molar-refractivity contribution in [2.24, 2.45) is 0 Å². The molecule has 2 aliphatic heterocycles. The van der Waals surface area contributed by atoms with Gasteiger partial charge in [0.2, 0.25) is 0 Å². The van der Waals surface area contributed by atoms with Gasteiger partial charge in [-0.15, -0.1) is 0 Å². The van der Waals surface area contributed by atoms with E-state index >= 15 is 0 Å². The molecule has 2 aromatic rings. The van der Waals surface area contributed by atoms with Crippen molar-refractivity contribution in [3.05, 3.63) is 53.7 Å². The van der Waals surface area contributed by atoms with Gasteiger partial charge < -0.3 is 10.2 Å². The van der Waals surface area contributed by atoms with Crippen LogP contribution >= 0.6 is 0 Å². The Balaban J connectivity index is 1.44. The van der Waals surface area contributed by atoms with Gasteiger partial charge in [-0.25, -0.2) is 4.98 Å². The first-order valence-electron chi connectivity index (χ1n) is 10.1. The molecule has 4 rings (SSSR count). The SMILES string of the molecule is CC1CCCCN1CCNc1ncccc1C(=O)N1CCc2ccccc21. The van der Waals surface area contributed by atoms with Crippen LogP contribution in [0.5, 0.6) is 0 Å². The summed E-state index contributed by atoms with van der Waals surface area (Å²) in [6.07, 6.45) is 6.56. The molecule has 1 aromatic heterocycles. The number of para-hydroxylation sites is 1. The lowest BCUT2D eigenvalue weighted by Crippen LogP contribution is -2.40. The predicted molar refractivity (Wildman–Crippen MR) is 109 cm³/mol. The summed E-state index contributed by atoms with van der Waals surface area (Å²) in [7, 11) is 0. The number of aromatic nitrogens is 1. The zero-order valence-electron chi connectivity index (χ0n) is 16.0. The molecule has 1 aromatic carbocycles. The number of anilines is 2. The van der Waals surface area contributed by atoms with E-state index < -0.39 is 0 Å². The molecule has 1 saturated heterocycles. The predicted octanol–water partition coefficient (Wildman–Crippen LogP) is 3.57. The highest BCUT2D eigenvalue weighted by atomic mass is 16.2. The third-order valence-corrected chi connectivity index (χ3v) is 5.80. The number of amides is 1. The van der Waals surface area contributed by atoms with Crippen LogP contribution in [0, 0.1) is 0 Å². The minimum atomic E-state index is 0.0295. The first-order chi connectivity index (χ1) is 13.2. The molecule has 0 spiro atoms. The molecular weight excluding hydrogens is 336 g/mol. The van der Waals surface area contributed by atoms with Crippen LogP contribution in [0.2, 0.25) is 0 Å². The molecule has 1 unspecified atom stereocenters. The third kappa shape index (κ3) is 3.83. The molecule has 5 heteroatoms. The average molecular weight is 364 g/mol. The van der Waals surface area contributed by atoms with E-state index in [0.29, 0.717) is 17.4 Å². The van der Waals surface area contributed by atoms with Gasteiger partial charge >= 0.3 is 0 Å². The van der Waals surface area contributed by atoms with Gasteiger partial charge in [0.15, 0.2) is 0 Å². The number of rotatable bonds is 5. The van der Waals surface area contributed by atoms with Gasteiger partial charge in [0.1, 0.15) is 5.82 Å². The molecule has 1 atom stereocenters. The summed E-state index contributed by atoms with van der Waals surface area (Å²) in [6.45, 7) is 6.00. The Morgan fingerprint density at radius 3 is 2.96 bits per heavy atom. The van der Waals surface area contributed by atoms with Gasteiger partial charge in [0.25, 0.3) is 5.91 Å². The Bertz CT molecular complexity index is 806. The topological polar surface area (TPSA) is 48.5 Å². The van der Waals surface area contributed by atoms with E-state index in [-0.39, 0.29) is 5.91 Å². The second-order valence-corrected chi connectivity index (χ2v) is 7.54. The summed E-state index contributed by atoms with van der Waals surface area (Å²) in [5, 5.41) is 3.41. The molecule has 27 heavy (non-hydrogen) atoms. The van der Waals surface area contributed by atoms with Crippen LogP contribution in [-0.4, -0.2) is 48.0 Å². The maximum absolute atomic E-state index is 13.2. The van der Waals surface area contributed by atoms with Gasteiger partial charge in [-0.1, -0.05) is 24.6 Å². The number of hydrogen-bond acceptors (Lipinski definition) is 4. The number of benzene rings is 1. The molecule has 1 amide bonds. The number of hydrogen-bond donors (Lipinski definition) is 1. The first-order valence-corrected chi connectivity index (χ1v) is 10.1. The molecular formula is C22H28N4O. The van der Waals surface area contributed by atoms with E-state index in [1.54, 1.807) is 6.20 Å². The Labute approximate surface area is 161 Å². The first kappa shape index (κ1) is 18.0. The van der Waals surface area contributed by atoms with E-state index in [1.165, 1.54) is 31.4 Å². The zero-order chi connectivity index (χ0) is 18.6. The van der Waals surface area contributed by atoms with Crippen molar-refractivity contribution >= 4 is 17.4 Å². The van der Waals surface area contributed by atoms with Crippen molar-refractivity contribution in [3.63, 3.8) is 0 Å². The Kier molecular flexibility index (Phi) is 5.39. The molecule has 1 N–H and O–H groups in total. The van der Waals surface area contributed by atoms with Gasteiger partial charge in [0, 0.05) is 37.6 Å². The Morgan fingerprint density at radius 2 is 2.07 bits per heavy atom. The number of pyridine rings is 1. The lowest BCUT2D eigenvalue weighted by Gasteiger charge is -2.33. The van der Waals surface area contributed by atoms with Crippen LogP contribution in [0.15, 0.2) is 42.6 Å². The molecule has 0 bridgehead atoms. The van der Waals surface area contributed by atoms with Crippen LogP contribution in [0.25, 0.3) is 0 Å². The van der Waals surface area contributed by atoms with E-state index in [2.05, 4.69) is 28.2 Å². The van der Waals surface area contributed by atoms with Crippen LogP contribution in [0.4, 0.5) is 11.5 Å². The fraction of sp³-hybridized carbons (Fsp3) is 0.455. The minimum Gasteiger partial charge on any atom is -0.368 e. The second kappa shape index (κ2) is 8.09. The molecule has 0 saturated carbocycles. The highest BCUT2D eigenvalue weighted by molar-refractivity contribution is 6.10. The number of piperidine rings is 1. The fourth-order valence-corrected chi connectivity index (χ4v) is 4.22. The van der Waals surface area contributed by atoms with Crippen molar-refractivity contribution in [3.8, 4) is 0 Å². The van der Waals surface area contributed by atoms with Gasteiger partial charge in [-0.3, -0.25) is 9.69 Å². The monoisotopic (exact) mass is 364 g/mol. The number of likely N-dealkylation sites (tertiary alicyclic amines) is 1. The zero-order valence-corrected chi connectivity index (χ0v) is 16.0. The lowest BCUT2D eigenvalue weighted by atomic mass is 10.0. The summed E-state index contributed by atoms with van der Waals surface area (Å²) < 4.78 is 0. The fourth-order valence-electron chi connectivity index (χ4n) is 4.22. The normalized spacial score (nSPS) is 19.7. The number of nitrogens with zero attached hydrogens (tertiary/aromatic N) is 3. The molecule has 5 nitrogen and oxygen atoms in total. The molecule has 142 valence electrons. The minimum absolute atomic E-state index is 0.0295. The maximum atomic E-state index is 13.2. The highest BCUT2D eigenvalue weighted by Gasteiger charge is 2.27. The van der Waals surface area contributed by atoms with Crippen molar-refractivity contribution < 1.29 is 4.79 Å². The van der Waals surface area contributed by atoms with Gasteiger partial charge in [0.05, 0.1) is 5.56 Å². The Morgan fingerprint density at radius 1 is 1.19 bits per heavy atom. The highest BCUT2D eigenvalue weighted by Crippen LogP contribution is 2.29. The van der Waals surface area contributed by atoms with Crippen molar-refractivity contribution in [1.29, 1.82) is 0 Å². The summed E-state index contributed by atoms with van der Waals surface area (Å²) in [5.41, 5.74) is 2.92. The van der Waals surface area contributed by atoms with E-state index in [0.717, 1.165) is 31.7 Å². The summed E-state index contributed by atoms with van der Waals surface area (Å²) in [6, 6.07) is 12.5. The number of fused-ring (bicyclic) bond motifs is 1. The van der Waals surface area contributed by atoms with Crippen LogP contribution < -0.4 is 10.2 Å². The standard InChI is InChI=1S/C22H28N4O/c1-17-7-4-5-14-25(17)16-13-24-21-19(9-6-12-23-21)22(27)26-15-11-18-8-2-3-10-20(18)26/h2-3,6,8-10,12,17H,4-5,7,11,13-16H2,1H3,(H,23,24). The molecule has 0 radical (unpaired) electrons. The number of carbonyl (C=O) groups is 1. The number of nitrogens with one attached hydrogen (secondary N) is 1. The summed E-state index contributed by atoms with van der Waals surface area (Å²) >= 11 is 0. The smallest absolute Gasteiger partial charge is 0.262 e. The average Bonchev–Trinajstić information content (AvgIpc) is 3.13. The molecule has 3 heterocycles. The largest absolute Gasteiger partial charge is 0.368 e. The van der Waals surface area contributed by atoms with E-state index in [9.17, 15) is 4.79 Å². The quantitative estimate of drug-likeness (QED) is 0.881. The Hall–Kier alpha value is -2.40. The number of carbonyl (C=O) groups excluding carboxylic acids is 1. The van der Waals surface area contributed by atoms with Crippen LogP contribution in [0.3, 0.4) is 0 Å². The van der Waals surface area contributed by atoms with Crippen LogP contribution in [-0.2, 0) is 6.42 Å². The van der Waals surface area contributed by atoms with Crippen molar-refractivity contribution in [1.82, 2.24) is 9.88 Å². The van der Waals surface area contributed by atoms with E-state index in [1.807, 2.05) is 35.2 Å². The summed E-state index contributed by atoms with van der Waals surface area (Å²) in [5.74, 6) is 0.721. The van der Waals surface area contributed by atoms with E-state index in [4.69, 9.17) is 0 Å². The maximum Gasteiger partial charge on any atom is 0.262 e. The van der Waals surface area contributed by atoms with Crippen LogP contribution in [0.1, 0.15) is 42.1 Å². The lowest BCUT2D eigenvalue weighted by molar-refractivity contribution is 0.0990. The second-order valence-electron chi connectivity index (χ2n) is 7.54. The third-order valence-electron chi connectivity index (χ3n) is 5.80. The van der Waals surface area contributed by atoms with Gasteiger partial charge in [-0.2, -0.15) is 0 Å². The summed E-state index contributed by atoms with van der Waals surface area (Å²) in [4.78, 5) is 22.0. The molecule has 0 aliphatic carbocycles. The molecule has 1 fully saturated rings.